The first kappa shape index (κ1) is 28.3. The largest absolute Gasteiger partial charge is 0.497 e. The van der Waals surface area contributed by atoms with Crippen LogP contribution in [0, 0.1) is 13.8 Å². The highest BCUT2D eigenvalue weighted by Crippen LogP contribution is 2.31. The number of hydrogen-bond acceptors (Lipinski definition) is 8. The van der Waals surface area contributed by atoms with E-state index in [-0.39, 0.29) is 0 Å². The molecule has 0 atom stereocenters. The molecule has 1 amide bonds. The van der Waals surface area contributed by atoms with Crippen molar-refractivity contribution >= 4 is 40.9 Å². The molecule has 2 aromatic heterocycles. The summed E-state index contributed by atoms with van der Waals surface area (Å²) < 4.78 is 12.4. The molecule has 4 rings (SSSR count). The summed E-state index contributed by atoms with van der Waals surface area (Å²) in [6.45, 7) is 9.86. The highest BCUT2D eigenvalue weighted by atomic mass is 16.6. The number of nitrogens with one attached hydrogen (secondary N) is 2. The Labute approximate surface area is 234 Å². The van der Waals surface area contributed by atoms with Gasteiger partial charge in [0.15, 0.2) is 5.82 Å². The van der Waals surface area contributed by atoms with Gasteiger partial charge in [-0.05, 0) is 76.1 Å². The van der Waals surface area contributed by atoms with Gasteiger partial charge < -0.3 is 19.7 Å². The van der Waals surface area contributed by atoms with Gasteiger partial charge in [-0.15, -0.1) is 0 Å². The summed E-state index contributed by atoms with van der Waals surface area (Å²) in [5, 5.41) is 10.9. The van der Waals surface area contributed by atoms with E-state index >= 15 is 0 Å². The Morgan fingerprint density at radius 1 is 1.10 bits per heavy atom. The SMILES string of the molecule is COc1ccc(CNc2nc(N=CN(C)C)c3c(n2)c(C)nn3-c2ccc(NC(=O)OC(C)(C)C)cc2C)cc1. The van der Waals surface area contributed by atoms with Crippen LogP contribution in [0.15, 0.2) is 47.5 Å². The fourth-order valence-electron chi connectivity index (χ4n) is 3.97. The summed E-state index contributed by atoms with van der Waals surface area (Å²) in [5.41, 5.74) is 4.91. The molecule has 0 spiro atoms. The van der Waals surface area contributed by atoms with Crippen molar-refractivity contribution in [2.75, 3.05) is 31.8 Å². The van der Waals surface area contributed by atoms with Gasteiger partial charge in [0, 0.05) is 26.3 Å². The second-order valence-electron chi connectivity index (χ2n) is 10.6. The number of amides is 1. The van der Waals surface area contributed by atoms with Crippen LogP contribution in [0.3, 0.4) is 0 Å². The van der Waals surface area contributed by atoms with Gasteiger partial charge in [-0.2, -0.15) is 10.1 Å². The molecule has 0 aliphatic rings. The van der Waals surface area contributed by atoms with Crippen molar-refractivity contribution < 1.29 is 14.3 Å². The molecule has 0 saturated heterocycles. The zero-order chi connectivity index (χ0) is 29.0. The van der Waals surface area contributed by atoms with E-state index in [9.17, 15) is 4.79 Å². The Balaban J connectivity index is 1.70. The van der Waals surface area contributed by atoms with Crippen LogP contribution in [0.1, 0.15) is 37.6 Å². The van der Waals surface area contributed by atoms with Gasteiger partial charge in [0.2, 0.25) is 5.95 Å². The van der Waals surface area contributed by atoms with Crippen LogP contribution in [-0.2, 0) is 11.3 Å². The lowest BCUT2D eigenvalue weighted by atomic mass is 10.1. The predicted octanol–water partition coefficient (Wildman–Crippen LogP) is 5.62. The van der Waals surface area contributed by atoms with Crippen molar-refractivity contribution in [1.29, 1.82) is 0 Å². The molecular formula is C29H36N8O3. The number of fused-ring (bicyclic) bond motifs is 1. The van der Waals surface area contributed by atoms with Crippen LogP contribution in [0.5, 0.6) is 5.75 Å². The van der Waals surface area contributed by atoms with Crippen molar-refractivity contribution in [1.82, 2.24) is 24.6 Å². The quantitative estimate of drug-likeness (QED) is 0.217. The molecule has 210 valence electrons. The van der Waals surface area contributed by atoms with Gasteiger partial charge in [0.1, 0.15) is 22.4 Å². The normalized spacial score (nSPS) is 11.6. The average Bonchev–Trinajstić information content (AvgIpc) is 3.21. The van der Waals surface area contributed by atoms with Crippen molar-refractivity contribution in [2.24, 2.45) is 4.99 Å². The minimum absolute atomic E-state index is 0.450. The molecule has 11 nitrogen and oxygen atoms in total. The van der Waals surface area contributed by atoms with E-state index in [2.05, 4.69) is 15.6 Å². The molecule has 40 heavy (non-hydrogen) atoms. The number of rotatable bonds is 8. The Morgan fingerprint density at radius 3 is 2.45 bits per heavy atom. The molecule has 0 unspecified atom stereocenters. The maximum atomic E-state index is 12.2. The van der Waals surface area contributed by atoms with Gasteiger partial charge in [0.05, 0.1) is 24.8 Å². The number of carbonyl (C=O) groups excluding carboxylic acids is 1. The molecule has 2 aromatic carbocycles. The third-order valence-electron chi connectivity index (χ3n) is 5.76. The highest BCUT2D eigenvalue weighted by Gasteiger charge is 2.20. The third-order valence-corrected chi connectivity index (χ3v) is 5.76. The van der Waals surface area contributed by atoms with Crippen LogP contribution in [0.2, 0.25) is 0 Å². The number of methoxy groups -OCH3 is 1. The molecule has 0 aliphatic carbocycles. The Hall–Kier alpha value is -4.67. The summed E-state index contributed by atoms with van der Waals surface area (Å²) in [6, 6.07) is 13.4. The van der Waals surface area contributed by atoms with E-state index in [1.165, 1.54) is 0 Å². The van der Waals surface area contributed by atoms with E-state index in [4.69, 9.17) is 24.5 Å². The monoisotopic (exact) mass is 544 g/mol. The number of aryl methyl sites for hydroxylation is 2. The summed E-state index contributed by atoms with van der Waals surface area (Å²) >= 11 is 0. The first-order chi connectivity index (χ1) is 18.9. The van der Waals surface area contributed by atoms with Gasteiger partial charge >= 0.3 is 6.09 Å². The lowest BCUT2D eigenvalue weighted by Gasteiger charge is -2.20. The molecule has 0 fully saturated rings. The zero-order valence-corrected chi connectivity index (χ0v) is 24.2. The molecule has 11 heteroatoms. The first-order valence-corrected chi connectivity index (χ1v) is 12.9. The van der Waals surface area contributed by atoms with Gasteiger partial charge in [-0.25, -0.2) is 19.5 Å². The van der Waals surface area contributed by atoms with E-state index in [1.807, 2.05) is 96.1 Å². The van der Waals surface area contributed by atoms with Crippen molar-refractivity contribution in [3.8, 4) is 11.4 Å². The number of hydrogen-bond donors (Lipinski definition) is 2. The van der Waals surface area contributed by atoms with Crippen molar-refractivity contribution in [3.63, 3.8) is 0 Å². The van der Waals surface area contributed by atoms with E-state index in [0.29, 0.717) is 35.0 Å². The van der Waals surface area contributed by atoms with E-state index < -0.39 is 11.7 Å². The van der Waals surface area contributed by atoms with Crippen LogP contribution >= 0.6 is 0 Å². The molecule has 0 saturated carbocycles. The van der Waals surface area contributed by atoms with Crippen LogP contribution in [0.25, 0.3) is 16.7 Å². The number of ether oxygens (including phenoxy) is 2. The van der Waals surface area contributed by atoms with Crippen LogP contribution in [-0.4, -0.2) is 63.9 Å². The second kappa shape index (κ2) is 11.6. The number of anilines is 2. The molecule has 2 N–H and O–H groups in total. The maximum Gasteiger partial charge on any atom is 0.412 e. The summed E-state index contributed by atoms with van der Waals surface area (Å²) in [6.07, 6.45) is 1.19. The summed E-state index contributed by atoms with van der Waals surface area (Å²) in [4.78, 5) is 28.3. The smallest absolute Gasteiger partial charge is 0.412 e. The number of benzene rings is 2. The van der Waals surface area contributed by atoms with Crippen molar-refractivity contribution in [3.05, 3.63) is 59.3 Å². The topological polar surface area (TPSA) is 119 Å². The molecular weight excluding hydrogens is 508 g/mol. The summed E-state index contributed by atoms with van der Waals surface area (Å²) in [5.74, 6) is 1.73. The maximum absolute atomic E-state index is 12.2. The lowest BCUT2D eigenvalue weighted by molar-refractivity contribution is 0.0636. The molecule has 2 heterocycles. The standard InChI is InChI=1S/C29H36N8O3/c1-18-15-21(32-28(38)40-29(3,4)5)11-14-23(18)37-25-24(19(2)35-37)33-27(34-26(25)31-17-36(6)7)30-16-20-9-12-22(39-8)13-10-20/h9-15,17H,16H2,1-8H3,(H,32,38)(H,30,33,34). The minimum atomic E-state index is -0.587. The molecule has 0 radical (unpaired) electrons. The second-order valence-corrected chi connectivity index (χ2v) is 10.6. The van der Waals surface area contributed by atoms with Crippen molar-refractivity contribution in [2.45, 2.75) is 46.8 Å². The van der Waals surface area contributed by atoms with Crippen LogP contribution < -0.4 is 15.4 Å². The van der Waals surface area contributed by atoms with E-state index in [0.717, 1.165) is 28.3 Å². The Bertz CT molecular complexity index is 1540. The summed E-state index contributed by atoms with van der Waals surface area (Å²) in [7, 11) is 5.44. The van der Waals surface area contributed by atoms with Crippen LogP contribution in [0.4, 0.5) is 22.2 Å². The fourth-order valence-corrected chi connectivity index (χ4v) is 3.97. The van der Waals surface area contributed by atoms with Gasteiger partial charge in [-0.3, -0.25) is 5.32 Å². The minimum Gasteiger partial charge on any atom is -0.497 e. The molecule has 0 aliphatic heterocycles. The van der Waals surface area contributed by atoms with Gasteiger partial charge in [-0.1, -0.05) is 12.1 Å². The Morgan fingerprint density at radius 2 is 1.82 bits per heavy atom. The predicted molar refractivity (Wildman–Crippen MR) is 158 cm³/mol. The van der Waals surface area contributed by atoms with Gasteiger partial charge in [0.25, 0.3) is 0 Å². The number of aromatic nitrogens is 4. The molecule has 0 bridgehead atoms. The average molecular weight is 545 g/mol. The Kier molecular flexibility index (Phi) is 8.22. The molecule has 4 aromatic rings. The number of aliphatic imine (C=N–C) groups is 1. The number of nitrogens with zero attached hydrogens (tertiary/aromatic N) is 6. The van der Waals surface area contributed by atoms with E-state index in [1.54, 1.807) is 18.1 Å². The first-order valence-electron chi connectivity index (χ1n) is 12.9. The zero-order valence-electron chi connectivity index (χ0n) is 24.2. The number of carbonyl (C=O) groups is 1. The highest BCUT2D eigenvalue weighted by molar-refractivity contribution is 5.90. The third kappa shape index (κ3) is 6.85. The lowest BCUT2D eigenvalue weighted by Crippen LogP contribution is -2.27. The fraction of sp³-hybridized carbons (Fsp3) is 0.345.